The summed E-state index contributed by atoms with van der Waals surface area (Å²) in [5.74, 6) is 0.620. The molecule has 9 heteroatoms. The number of carbonyl (C=O) groups excluding carboxylic acids is 1. The Morgan fingerprint density at radius 2 is 2.00 bits per heavy atom. The van der Waals surface area contributed by atoms with Gasteiger partial charge in [-0.25, -0.2) is 0 Å². The van der Waals surface area contributed by atoms with Crippen LogP contribution in [0.2, 0.25) is 0 Å². The zero-order valence-electron chi connectivity index (χ0n) is 19.4. The van der Waals surface area contributed by atoms with Crippen molar-refractivity contribution >= 4 is 16.7 Å². The molecular weight excluding hydrogens is 434 g/mol. The van der Waals surface area contributed by atoms with Crippen molar-refractivity contribution in [3.63, 3.8) is 0 Å². The van der Waals surface area contributed by atoms with Gasteiger partial charge in [0.25, 0.3) is 0 Å². The number of tetrazole rings is 1. The Bertz CT molecular complexity index is 1420. The van der Waals surface area contributed by atoms with E-state index in [2.05, 4.69) is 39.5 Å². The molecule has 2 aliphatic rings. The molecule has 0 radical (unpaired) electrons. The predicted molar refractivity (Wildman–Crippen MR) is 124 cm³/mol. The average Bonchev–Trinajstić information content (AvgIpc) is 3.54. The van der Waals surface area contributed by atoms with Crippen molar-refractivity contribution in [2.75, 3.05) is 13.2 Å². The normalized spacial score (nSPS) is 20.4. The summed E-state index contributed by atoms with van der Waals surface area (Å²) in [6.07, 6.45) is -0.130. The molecule has 1 aliphatic carbocycles. The molecule has 3 heterocycles. The number of benzene rings is 2. The first kappa shape index (κ1) is 21.0. The quantitative estimate of drug-likeness (QED) is 0.478. The van der Waals surface area contributed by atoms with Crippen molar-refractivity contribution in [1.29, 1.82) is 0 Å². The van der Waals surface area contributed by atoms with Crippen LogP contribution in [0.5, 0.6) is 5.75 Å². The van der Waals surface area contributed by atoms with Crippen LogP contribution < -0.4 is 4.74 Å². The molecule has 0 spiro atoms. The molecule has 0 amide bonds. The fourth-order valence-corrected chi connectivity index (χ4v) is 4.96. The minimum atomic E-state index is -0.589. The van der Waals surface area contributed by atoms with Crippen LogP contribution in [0.25, 0.3) is 22.3 Å². The average molecular weight is 460 g/mol. The number of hydrogen-bond acceptors (Lipinski definition) is 7. The van der Waals surface area contributed by atoms with E-state index < -0.39 is 11.2 Å². The molecule has 1 aliphatic heterocycles. The lowest BCUT2D eigenvalue weighted by Gasteiger charge is -2.32. The Hall–Kier alpha value is -3.56. The van der Waals surface area contributed by atoms with E-state index in [1.165, 1.54) is 0 Å². The highest BCUT2D eigenvalue weighted by Crippen LogP contribution is 2.45. The molecule has 34 heavy (non-hydrogen) atoms. The number of ether oxygens (including phenoxy) is 3. The van der Waals surface area contributed by atoms with Gasteiger partial charge >= 0.3 is 0 Å². The molecule has 4 aromatic rings. The maximum absolute atomic E-state index is 13.6. The van der Waals surface area contributed by atoms with Crippen molar-refractivity contribution in [2.24, 2.45) is 0 Å². The van der Waals surface area contributed by atoms with E-state index in [0.717, 1.165) is 27.7 Å². The maximum Gasteiger partial charge on any atom is 0.204 e. The lowest BCUT2D eigenvalue weighted by Crippen LogP contribution is -2.30. The number of aromatic nitrogens is 5. The number of ketones is 1. The Morgan fingerprint density at radius 3 is 2.74 bits per heavy atom. The molecule has 2 aromatic carbocycles. The zero-order valence-corrected chi connectivity index (χ0v) is 19.4. The van der Waals surface area contributed by atoms with Crippen LogP contribution in [-0.2, 0) is 14.9 Å². The van der Waals surface area contributed by atoms with Gasteiger partial charge < -0.3 is 19.2 Å². The van der Waals surface area contributed by atoms with E-state index in [1.54, 1.807) is 0 Å². The van der Waals surface area contributed by atoms with Gasteiger partial charge in [0.05, 0.1) is 12.2 Å². The van der Waals surface area contributed by atoms with Crippen molar-refractivity contribution in [3.8, 4) is 17.1 Å². The Kier molecular flexibility index (Phi) is 4.46. The number of hydrogen-bond donors (Lipinski definition) is 2. The lowest BCUT2D eigenvalue weighted by atomic mass is 9.71. The second-order valence-electron chi connectivity index (χ2n) is 9.79. The number of nitrogens with one attached hydrogen (secondary N) is 2. The molecular formula is C25H25N5O4. The first-order valence-electron chi connectivity index (χ1n) is 11.3. The molecule has 0 bridgehead atoms. The fraction of sp³-hybridized carbons (Fsp3) is 0.360. The van der Waals surface area contributed by atoms with Crippen molar-refractivity contribution in [1.82, 2.24) is 25.6 Å². The van der Waals surface area contributed by atoms with E-state index in [4.69, 9.17) is 14.2 Å². The van der Waals surface area contributed by atoms with E-state index in [1.807, 2.05) is 50.2 Å². The van der Waals surface area contributed by atoms with Gasteiger partial charge in [-0.3, -0.25) is 4.79 Å². The summed E-state index contributed by atoms with van der Waals surface area (Å²) in [6.45, 7) is 8.89. The van der Waals surface area contributed by atoms with E-state index in [0.29, 0.717) is 35.9 Å². The van der Waals surface area contributed by atoms with Crippen molar-refractivity contribution < 1.29 is 19.0 Å². The van der Waals surface area contributed by atoms with Gasteiger partial charge in [0.15, 0.2) is 11.6 Å². The third-order valence-electron chi connectivity index (χ3n) is 6.67. The number of aromatic amines is 2. The summed E-state index contributed by atoms with van der Waals surface area (Å²) in [7, 11) is 0. The van der Waals surface area contributed by atoms with Crippen LogP contribution in [0.3, 0.4) is 0 Å². The second kappa shape index (κ2) is 7.22. The molecule has 2 N–H and O–H groups in total. The molecule has 174 valence electrons. The topological polar surface area (TPSA) is 115 Å². The summed E-state index contributed by atoms with van der Waals surface area (Å²) in [5, 5.41) is 15.1. The zero-order chi connectivity index (χ0) is 23.7. The number of carbonyl (C=O) groups is 1. The molecule has 1 atom stereocenters. The van der Waals surface area contributed by atoms with Gasteiger partial charge in [-0.05, 0) is 48.9 Å². The van der Waals surface area contributed by atoms with Gasteiger partial charge in [0.1, 0.15) is 18.5 Å². The molecule has 0 unspecified atom stereocenters. The minimum Gasteiger partial charge on any atom is -0.491 e. The molecule has 0 saturated carbocycles. The summed E-state index contributed by atoms with van der Waals surface area (Å²) in [6, 6.07) is 11.5. The third kappa shape index (κ3) is 3.23. The number of rotatable bonds is 4. The number of H-pyrrole nitrogens is 2. The Labute approximate surface area is 195 Å². The largest absolute Gasteiger partial charge is 0.491 e. The summed E-state index contributed by atoms with van der Waals surface area (Å²) in [5.41, 5.74) is 4.46. The summed E-state index contributed by atoms with van der Waals surface area (Å²) >= 11 is 0. The van der Waals surface area contributed by atoms with Gasteiger partial charge in [-0.15, -0.1) is 10.2 Å². The smallest absolute Gasteiger partial charge is 0.204 e. The molecule has 1 fully saturated rings. The highest BCUT2D eigenvalue weighted by Gasteiger charge is 2.40. The van der Waals surface area contributed by atoms with Gasteiger partial charge in [-0.2, -0.15) is 5.21 Å². The second-order valence-corrected chi connectivity index (χ2v) is 9.79. The van der Waals surface area contributed by atoms with Crippen LogP contribution in [0.1, 0.15) is 54.9 Å². The minimum absolute atomic E-state index is 0.00344. The number of fused-ring (bicyclic) bond motifs is 4. The highest BCUT2D eigenvalue weighted by molar-refractivity contribution is 6.20. The monoisotopic (exact) mass is 459 g/mol. The summed E-state index contributed by atoms with van der Waals surface area (Å²) < 4.78 is 17.5. The van der Waals surface area contributed by atoms with Crippen molar-refractivity contribution in [3.05, 3.63) is 58.8 Å². The molecule has 1 saturated heterocycles. The predicted octanol–water partition coefficient (Wildman–Crippen LogP) is 3.75. The third-order valence-corrected chi connectivity index (χ3v) is 6.67. The van der Waals surface area contributed by atoms with Gasteiger partial charge in [0, 0.05) is 33.1 Å². The lowest BCUT2D eigenvalue weighted by molar-refractivity contribution is -0.141. The Balaban J connectivity index is 1.35. The molecule has 6 rings (SSSR count). The fourth-order valence-electron chi connectivity index (χ4n) is 4.96. The highest BCUT2D eigenvalue weighted by atomic mass is 16.7. The van der Waals surface area contributed by atoms with Crippen LogP contribution in [-0.4, -0.2) is 56.5 Å². The first-order valence-corrected chi connectivity index (χ1v) is 11.3. The van der Waals surface area contributed by atoms with Gasteiger partial charge in [0.2, 0.25) is 5.82 Å². The summed E-state index contributed by atoms with van der Waals surface area (Å²) in [4.78, 5) is 17.1. The Morgan fingerprint density at radius 1 is 1.15 bits per heavy atom. The van der Waals surface area contributed by atoms with Crippen LogP contribution in [0, 0.1) is 0 Å². The van der Waals surface area contributed by atoms with Crippen LogP contribution in [0.4, 0.5) is 0 Å². The molecule has 2 aromatic heterocycles. The van der Waals surface area contributed by atoms with E-state index >= 15 is 0 Å². The van der Waals surface area contributed by atoms with E-state index in [9.17, 15) is 4.79 Å². The number of nitrogens with zero attached hydrogens (tertiary/aromatic N) is 3. The standard InChI is InChI=1S/C25H25N5O4/c1-24(2)18-10-14(32-11-15-12-33-25(3,4)34-15)6-8-16(18)21(31)20-17-7-5-13(23-27-29-30-28-23)9-19(17)26-22(20)24/h5-10,15,26H,11-12H2,1-4H3,(H,27,28,29,30)/t15-/m0/s1. The van der Waals surface area contributed by atoms with Crippen LogP contribution in [0.15, 0.2) is 36.4 Å². The van der Waals surface area contributed by atoms with Crippen molar-refractivity contribution in [2.45, 2.75) is 45.0 Å². The SMILES string of the molecule is CC1(C)OC[C@H](COc2ccc3c(c2)C(C)(C)c2[nH]c4cc(-c5nn[nH]n5)ccc4c2C3=O)O1. The van der Waals surface area contributed by atoms with E-state index in [-0.39, 0.29) is 11.9 Å². The first-order chi connectivity index (χ1) is 16.2. The molecule has 9 nitrogen and oxygen atoms in total. The van der Waals surface area contributed by atoms with Gasteiger partial charge in [-0.1, -0.05) is 26.0 Å². The van der Waals surface area contributed by atoms with Crippen LogP contribution >= 0.6 is 0 Å². The maximum atomic E-state index is 13.6.